The zero-order chi connectivity index (χ0) is 20.9. The number of carboxylic acids is 1. The van der Waals surface area contributed by atoms with Gasteiger partial charge in [-0.3, -0.25) is 0 Å². The molecule has 2 aliphatic rings. The number of aromatic carboxylic acids is 1. The quantitative estimate of drug-likeness (QED) is 0.365. The van der Waals surface area contributed by atoms with E-state index in [0.29, 0.717) is 17.2 Å². The van der Waals surface area contributed by atoms with E-state index in [0.717, 1.165) is 56.2 Å². The molecule has 4 nitrogen and oxygen atoms in total. The van der Waals surface area contributed by atoms with E-state index < -0.39 is 5.97 Å². The van der Waals surface area contributed by atoms with E-state index in [9.17, 15) is 9.90 Å². The van der Waals surface area contributed by atoms with Crippen molar-refractivity contribution in [3.8, 4) is 0 Å². The maximum absolute atomic E-state index is 11.0. The first-order valence-corrected chi connectivity index (χ1v) is 11.8. The van der Waals surface area contributed by atoms with Crippen LogP contribution in [0.25, 0.3) is 4.85 Å². The van der Waals surface area contributed by atoms with Gasteiger partial charge in [0.05, 0.1) is 12.0 Å². The second-order valence-corrected chi connectivity index (χ2v) is 9.99. The molecule has 2 saturated carbocycles. The van der Waals surface area contributed by atoms with Crippen LogP contribution >= 0.6 is 11.3 Å². The van der Waals surface area contributed by atoms with Gasteiger partial charge in [-0.15, -0.1) is 11.3 Å². The molecule has 158 valence electrons. The van der Waals surface area contributed by atoms with Crippen LogP contribution in [-0.2, 0) is 6.42 Å². The molecule has 1 unspecified atom stereocenters. The molecule has 1 aromatic rings. The first-order chi connectivity index (χ1) is 14.0. The molecule has 2 aliphatic carbocycles. The van der Waals surface area contributed by atoms with Crippen molar-refractivity contribution in [2.45, 2.75) is 83.3 Å². The summed E-state index contributed by atoms with van der Waals surface area (Å²) in [6.45, 7) is 9.73. The molecule has 0 aromatic carbocycles. The van der Waals surface area contributed by atoms with Gasteiger partial charge in [0.1, 0.15) is 4.88 Å². The van der Waals surface area contributed by atoms with Crippen LogP contribution in [0.4, 0.5) is 0 Å². The Labute approximate surface area is 178 Å². The molecule has 0 saturated heterocycles. The van der Waals surface area contributed by atoms with E-state index in [1.54, 1.807) is 6.07 Å². The van der Waals surface area contributed by atoms with E-state index in [-0.39, 0.29) is 23.5 Å². The summed E-state index contributed by atoms with van der Waals surface area (Å²) in [6, 6.07) is 3.68. The van der Waals surface area contributed by atoms with Crippen LogP contribution in [0.1, 0.15) is 79.3 Å². The molecule has 2 fully saturated rings. The summed E-state index contributed by atoms with van der Waals surface area (Å²) in [7, 11) is 0. The first-order valence-electron chi connectivity index (χ1n) is 11.0. The number of aliphatic hydroxyl groups excluding tert-OH is 1. The Morgan fingerprint density at radius 3 is 2.79 bits per heavy atom. The van der Waals surface area contributed by atoms with Crippen LogP contribution in [0.2, 0.25) is 0 Å². The van der Waals surface area contributed by atoms with Gasteiger partial charge in [-0.2, -0.15) is 0 Å². The molecule has 0 aliphatic heterocycles. The zero-order valence-corrected chi connectivity index (χ0v) is 18.2. The van der Waals surface area contributed by atoms with E-state index in [1.165, 1.54) is 17.8 Å². The SMILES string of the molecule is [C-]#[N+][C@H]1CC[C@H](CCCc2ccc(C(=O)O)s2)[C@H]1/C=C/CC(O)C1(CC)CCC1. The molecular formula is C24H33NO3S. The Hall–Kier alpha value is -1.64. The summed E-state index contributed by atoms with van der Waals surface area (Å²) in [6.07, 6.45) is 14.4. The Bertz CT molecular complexity index is 753. The normalized spacial score (nSPS) is 26.9. The van der Waals surface area contributed by atoms with Gasteiger partial charge in [-0.25, -0.2) is 11.4 Å². The first kappa shape index (κ1) is 22.1. The topological polar surface area (TPSA) is 61.9 Å². The largest absolute Gasteiger partial charge is 0.477 e. The van der Waals surface area contributed by atoms with Crippen LogP contribution in [0.5, 0.6) is 0 Å². The molecule has 1 aromatic heterocycles. The minimum Gasteiger partial charge on any atom is -0.477 e. The number of carbonyl (C=O) groups is 1. The van der Waals surface area contributed by atoms with Crippen molar-refractivity contribution in [2.75, 3.05) is 0 Å². The lowest BCUT2D eigenvalue weighted by Crippen LogP contribution is -2.40. The monoisotopic (exact) mass is 415 g/mol. The summed E-state index contributed by atoms with van der Waals surface area (Å²) in [5, 5.41) is 19.7. The minimum absolute atomic E-state index is 0.0672. The molecule has 0 spiro atoms. The molecule has 4 atom stereocenters. The molecule has 3 rings (SSSR count). The third-order valence-electron chi connectivity index (χ3n) is 7.34. The predicted octanol–water partition coefficient (Wildman–Crippen LogP) is 5.97. The van der Waals surface area contributed by atoms with Gasteiger partial charge in [0.2, 0.25) is 6.04 Å². The van der Waals surface area contributed by atoms with Crippen LogP contribution in [0.3, 0.4) is 0 Å². The standard InChI is InChI=1S/C24H33NO3S/c1-3-24(15-6-16-24)22(26)10-5-9-19-17(11-13-20(19)25-2)7-4-8-18-12-14-21(29-18)23(27)28/h5,9,12,14,17,19-20,22,26H,3-4,6-8,10-11,13,15-16H2,1H3,(H,27,28)/b9-5+/t17-,19+,20-,22?/m0/s1. The second kappa shape index (κ2) is 9.91. The van der Waals surface area contributed by atoms with E-state index >= 15 is 0 Å². The number of hydrogen-bond donors (Lipinski definition) is 2. The van der Waals surface area contributed by atoms with Crippen molar-refractivity contribution >= 4 is 17.3 Å². The molecule has 0 radical (unpaired) electrons. The smallest absolute Gasteiger partial charge is 0.345 e. The third-order valence-corrected chi connectivity index (χ3v) is 8.47. The predicted molar refractivity (Wildman–Crippen MR) is 117 cm³/mol. The van der Waals surface area contributed by atoms with Gasteiger partial charge >= 0.3 is 5.97 Å². The lowest BCUT2D eigenvalue weighted by Gasteiger charge is -2.45. The number of rotatable bonds is 10. The summed E-state index contributed by atoms with van der Waals surface area (Å²) in [5.74, 6) is -0.0436. The van der Waals surface area contributed by atoms with E-state index in [1.807, 2.05) is 6.07 Å². The van der Waals surface area contributed by atoms with Crippen molar-refractivity contribution in [2.24, 2.45) is 17.3 Å². The maximum Gasteiger partial charge on any atom is 0.345 e. The van der Waals surface area contributed by atoms with Crippen molar-refractivity contribution in [3.63, 3.8) is 0 Å². The van der Waals surface area contributed by atoms with Gasteiger partial charge in [-0.05, 0) is 74.8 Å². The number of aliphatic hydroxyl groups is 1. The molecule has 1 heterocycles. The van der Waals surface area contributed by atoms with Crippen molar-refractivity contribution in [3.05, 3.63) is 45.5 Å². The highest BCUT2D eigenvalue weighted by atomic mass is 32.1. The van der Waals surface area contributed by atoms with E-state index in [4.69, 9.17) is 11.7 Å². The van der Waals surface area contributed by atoms with Crippen LogP contribution in [0.15, 0.2) is 24.3 Å². The number of thiophene rings is 1. The number of aryl methyl sites for hydroxylation is 1. The fraction of sp³-hybridized carbons (Fsp3) is 0.667. The molecule has 5 heteroatoms. The second-order valence-electron chi connectivity index (χ2n) is 8.82. The molecule has 0 bridgehead atoms. The fourth-order valence-corrected chi connectivity index (χ4v) is 6.08. The van der Waals surface area contributed by atoms with E-state index in [2.05, 4.69) is 23.9 Å². The zero-order valence-electron chi connectivity index (χ0n) is 17.3. The highest BCUT2D eigenvalue weighted by Gasteiger charge is 2.41. The fourth-order valence-electron chi connectivity index (χ4n) is 5.19. The van der Waals surface area contributed by atoms with Gasteiger partial charge in [0, 0.05) is 11.3 Å². The number of nitrogens with zero attached hydrogens (tertiary/aromatic N) is 1. The minimum atomic E-state index is -0.851. The third kappa shape index (κ3) is 5.10. The Morgan fingerprint density at radius 2 is 2.21 bits per heavy atom. The van der Waals surface area contributed by atoms with Gasteiger partial charge < -0.3 is 15.1 Å². The van der Waals surface area contributed by atoms with Gasteiger partial charge in [0.15, 0.2) is 0 Å². The van der Waals surface area contributed by atoms with Gasteiger partial charge in [0.25, 0.3) is 0 Å². The number of hydrogen-bond acceptors (Lipinski definition) is 3. The van der Waals surface area contributed by atoms with Gasteiger partial charge in [-0.1, -0.05) is 25.5 Å². The summed E-state index contributed by atoms with van der Waals surface area (Å²) >= 11 is 1.37. The lowest BCUT2D eigenvalue weighted by molar-refractivity contribution is -0.0355. The summed E-state index contributed by atoms with van der Waals surface area (Å²) in [5.41, 5.74) is 0.133. The highest BCUT2D eigenvalue weighted by molar-refractivity contribution is 7.13. The van der Waals surface area contributed by atoms with Crippen molar-refractivity contribution < 1.29 is 15.0 Å². The van der Waals surface area contributed by atoms with Crippen molar-refractivity contribution in [1.82, 2.24) is 0 Å². The Morgan fingerprint density at radius 1 is 1.41 bits per heavy atom. The van der Waals surface area contributed by atoms with Crippen LogP contribution < -0.4 is 0 Å². The Kier molecular flexibility index (Phi) is 7.54. The maximum atomic E-state index is 11.0. The van der Waals surface area contributed by atoms with Crippen molar-refractivity contribution in [1.29, 1.82) is 0 Å². The van der Waals surface area contributed by atoms with Crippen LogP contribution in [0, 0.1) is 23.8 Å². The summed E-state index contributed by atoms with van der Waals surface area (Å²) in [4.78, 5) is 16.4. The van der Waals surface area contributed by atoms with Crippen LogP contribution in [-0.4, -0.2) is 28.3 Å². The molecule has 2 N–H and O–H groups in total. The average molecular weight is 416 g/mol. The molecule has 29 heavy (non-hydrogen) atoms. The Balaban J connectivity index is 1.51. The highest BCUT2D eigenvalue weighted by Crippen LogP contribution is 2.48. The lowest BCUT2D eigenvalue weighted by atomic mass is 9.63. The molecular weight excluding hydrogens is 382 g/mol. The number of carboxylic acid groups (broad SMARTS) is 1. The molecule has 0 amide bonds. The summed E-state index contributed by atoms with van der Waals surface area (Å²) < 4.78 is 0. The average Bonchev–Trinajstić information content (AvgIpc) is 3.29.